The van der Waals surface area contributed by atoms with Crippen LogP contribution in [0.4, 0.5) is 8.78 Å². The highest BCUT2D eigenvalue weighted by Gasteiger charge is 2.43. The minimum Gasteiger partial charge on any atom is -0.477 e. The molecule has 1 N–H and O–H groups in total. The molecule has 54 valence electrons. The maximum absolute atomic E-state index is 12.0. The molecule has 9 heavy (non-hydrogen) atoms. The maximum atomic E-state index is 12.0. The van der Waals surface area contributed by atoms with E-state index in [9.17, 15) is 13.6 Å². The van der Waals surface area contributed by atoms with E-state index < -0.39 is 16.7 Å². The Morgan fingerprint density at radius 3 is 2.11 bits per heavy atom. The zero-order valence-corrected chi connectivity index (χ0v) is 6.15. The molecule has 1 atom stereocenters. The fourth-order valence-electron chi connectivity index (χ4n) is 0.170. The van der Waals surface area contributed by atoms with Crippen LogP contribution in [0.25, 0.3) is 0 Å². The molecule has 0 fully saturated rings. The van der Waals surface area contributed by atoms with Crippen LogP contribution in [0.15, 0.2) is 0 Å². The first-order chi connectivity index (χ1) is 3.89. The van der Waals surface area contributed by atoms with E-state index in [1.165, 1.54) is 0 Å². The van der Waals surface area contributed by atoms with Crippen molar-refractivity contribution in [1.29, 1.82) is 0 Å². The van der Waals surface area contributed by atoms with E-state index in [-0.39, 0.29) is 0 Å². The number of halogens is 3. The van der Waals surface area contributed by atoms with Gasteiger partial charge in [0.1, 0.15) is 0 Å². The molecule has 0 saturated heterocycles. The van der Waals surface area contributed by atoms with Crippen molar-refractivity contribution < 1.29 is 18.7 Å². The van der Waals surface area contributed by atoms with Crippen LogP contribution in [-0.4, -0.2) is 21.8 Å². The first-order valence-electron chi connectivity index (χ1n) is 2.14. The lowest BCUT2D eigenvalue weighted by atomic mass is 10.3. The fraction of sp³-hybridized carbons (Fsp3) is 0.750. The third kappa shape index (κ3) is 1.89. The van der Waals surface area contributed by atoms with E-state index in [1.54, 1.807) is 0 Å². The molecule has 2 nitrogen and oxygen atoms in total. The smallest absolute Gasteiger partial charge is 0.375 e. The lowest BCUT2D eigenvalue weighted by molar-refractivity contribution is -0.163. The third-order valence-electron chi connectivity index (χ3n) is 0.785. The monoisotopic (exact) mass is 202 g/mol. The van der Waals surface area contributed by atoms with Crippen LogP contribution < -0.4 is 0 Å². The van der Waals surface area contributed by atoms with Crippen molar-refractivity contribution in [1.82, 2.24) is 0 Å². The highest BCUT2D eigenvalue weighted by Crippen LogP contribution is 2.24. The summed E-state index contributed by atoms with van der Waals surface area (Å²) in [7, 11) is 0. The van der Waals surface area contributed by atoms with Crippen LogP contribution in [0.2, 0.25) is 0 Å². The van der Waals surface area contributed by atoms with Crippen LogP contribution in [0, 0.1) is 0 Å². The Morgan fingerprint density at radius 1 is 1.78 bits per heavy atom. The van der Waals surface area contributed by atoms with Gasteiger partial charge in [0, 0.05) is 0 Å². The summed E-state index contributed by atoms with van der Waals surface area (Å²) in [6.45, 7) is 1.08. The molecular formula is C4H5BrF2O2. The van der Waals surface area contributed by atoms with E-state index in [4.69, 9.17) is 5.11 Å². The van der Waals surface area contributed by atoms with Gasteiger partial charge in [0.2, 0.25) is 0 Å². The maximum Gasteiger partial charge on any atom is 0.375 e. The van der Waals surface area contributed by atoms with Crippen LogP contribution in [0.1, 0.15) is 6.92 Å². The summed E-state index contributed by atoms with van der Waals surface area (Å²) in [5, 5.41) is 7.83. The zero-order valence-electron chi connectivity index (χ0n) is 4.57. The van der Waals surface area contributed by atoms with Crippen molar-refractivity contribution in [2.75, 3.05) is 0 Å². The van der Waals surface area contributed by atoms with Crippen LogP contribution in [-0.2, 0) is 4.79 Å². The van der Waals surface area contributed by atoms with E-state index in [2.05, 4.69) is 15.9 Å². The largest absolute Gasteiger partial charge is 0.477 e. The van der Waals surface area contributed by atoms with E-state index in [0.717, 1.165) is 6.92 Å². The number of alkyl halides is 3. The third-order valence-corrected chi connectivity index (χ3v) is 1.36. The molecule has 0 spiro atoms. The van der Waals surface area contributed by atoms with Crippen molar-refractivity contribution in [3.05, 3.63) is 0 Å². The number of aliphatic carboxylic acids is 1. The Balaban J connectivity index is 4.19. The van der Waals surface area contributed by atoms with E-state index >= 15 is 0 Å². The predicted molar refractivity (Wildman–Crippen MR) is 31.0 cm³/mol. The molecule has 0 aliphatic rings. The predicted octanol–water partition coefficient (Wildman–Crippen LogP) is 1.49. The molecule has 0 aliphatic heterocycles. The van der Waals surface area contributed by atoms with Gasteiger partial charge in [-0.1, -0.05) is 15.9 Å². The topological polar surface area (TPSA) is 37.3 Å². The van der Waals surface area contributed by atoms with Gasteiger partial charge in [-0.2, -0.15) is 8.78 Å². The van der Waals surface area contributed by atoms with Gasteiger partial charge >= 0.3 is 11.9 Å². The molecule has 0 aliphatic carbocycles. The standard InChI is InChI=1S/C4H5BrF2O2/c1-2(5)4(6,7)3(8)9/h2H,1H3,(H,8,9). The van der Waals surface area contributed by atoms with E-state index in [1.807, 2.05) is 0 Å². The molecule has 0 amide bonds. The zero-order chi connectivity index (χ0) is 7.65. The second-order valence-electron chi connectivity index (χ2n) is 1.54. The number of hydrogen-bond donors (Lipinski definition) is 1. The number of hydrogen-bond acceptors (Lipinski definition) is 1. The second-order valence-corrected chi connectivity index (χ2v) is 2.92. The minimum absolute atomic E-state index is 1.08. The second kappa shape index (κ2) is 2.60. The first-order valence-corrected chi connectivity index (χ1v) is 3.06. The van der Waals surface area contributed by atoms with Gasteiger partial charge in [0.25, 0.3) is 0 Å². The Bertz CT molecular complexity index is 124. The molecule has 0 heterocycles. The van der Waals surface area contributed by atoms with Crippen LogP contribution >= 0.6 is 15.9 Å². The summed E-state index contributed by atoms with van der Waals surface area (Å²) in [6.07, 6.45) is 0. The average molecular weight is 203 g/mol. The highest BCUT2D eigenvalue weighted by molar-refractivity contribution is 9.09. The Morgan fingerprint density at radius 2 is 2.11 bits per heavy atom. The quantitative estimate of drug-likeness (QED) is 0.690. The number of rotatable bonds is 2. The number of carboxylic acid groups (broad SMARTS) is 1. The summed E-state index contributed by atoms with van der Waals surface area (Å²) in [5.41, 5.74) is 0. The minimum atomic E-state index is -3.67. The Hall–Kier alpha value is -0.190. The van der Waals surface area contributed by atoms with Crippen molar-refractivity contribution in [2.45, 2.75) is 17.7 Å². The highest BCUT2D eigenvalue weighted by atomic mass is 79.9. The average Bonchev–Trinajstić information content (AvgIpc) is 1.65. The van der Waals surface area contributed by atoms with Crippen LogP contribution in [0.5, 0.6) is 0 Å². The Labute approximate surface area is 59.0 Å². The van der Waals surface area contributed by atoms with Crippen molar-refractivity contribution in [2.24, 2.45) is 0 Å². The van der Waals surface area contributed by atoms with E-state index in [0.29, 0.717) is 0 Å². The lowest BCUT2D eigenvalue weighted by Gasteiger charge is -2.12. The van der Waals surface area contributed by atoms with Crippen molar-refractivity contribution >= 4 is 21.9 Å². The normalized spacial score (nSPS) is 15.1. The number of carbonyl (C=O) groups is 1. The van der Waals surface area contributed by atoms with Gasteiger partial charge in [-0.25, -0.2) is 4.79 Å². The molecule has 0 aromatic heterocycles. The Kier molecular flexibility index (Phi) is 2.54. The van der Waals surface area contributed by atoms with Gasteiger partial charge in [-0.3, -0.25) is 0 Å². The van der Waals surface area contributed by atoms with Gasteiger partial charge in [0.15, 0.2) is 0 Å². The lowest BCUT2D eigenvalue weighted by Crippen LogP contribution is -2.35. The molecule has 0 saturated carbocycles. The summed E-state index contributed by atoms with van der Waals surface area (Å²) in [5.74, 6) is -5.77. The van der Waals surface area contributed by atoms with Crippen molar-refractivity contribution in [3.63, 3.8) is 0 Å². The summed E-state index contributed by atoms with van der Waals surface area (Å²) >= 11 is 2.47. The molecular weight excluding hydrogens is 198 g/mol. The first kappa shape index (κ1) is 8.81. The van der Waals surface area contributed by atoms with Crippen molar-refractivity contribution in [3.8, 4) is 0 Å². The van der Waals surface area contributed by atoms with Gasteiger partial charge < -0.3 is 5.11 Å². The van der Waals surface area contributed by atoms with Crippen LogP contribution in [0.3, 0.4) is 0 Å². The molecule has 0 aromatic rings. The molecule has 0 bridgehead atoms. The molecule has 0 radical (unpaired) electrons. The summed E-state index contributed by atoms with van der Waals surface area (Å²) in [4.78, 5) is 8.35. The van der Waals surface area contributed by atoms with Gasteiger partial charge in [-0.15, -0.1) is 0 Å². The fourth-order valence-corrected chi connectivity index (χ4v) is 0.366. The molecule has 0 aromatic carbocycles. The summed E-state index contributed by atoms with van der Waals surface area (Å²) in [6, 6.07) is 0. The molecule has 0 rings (SSSR count). The SMILES string of the molecule is CC(Br)C(F)(F)C(=O)O. The number of carboxylic acids is 1. The molecule has 1 unspecified atom stereocenters. The molecule has 5 heteroatoms. The summed E-state index contributed by atoms with van der Waals surface area (Å²) < 4.78 is 24.0. The van der Waals surface area contributed by atoms with Gasteiger partial charge in [-0.05, 0) is 6.92 Å². The van der Waals surface area contributed by atoms with Gasteiger partial charge in [0.05, 0.1) is 4.83 Å².